The molecule has 102 valence electrons. The minimum atomic E-state index is 0.0184. The number of nitrogens with one attached hydrogen (secondary N) is 1. The van der Waals surface area contributed by atoms with Crippen LogP contribution in [0.3, 0.4) is 0 Å². The average Bonchev–Trinajstić information content (AvgIpc) is 3.08. The third kappa shape index (κ3) is 1.78. The maximum atomic E-state index is 12.1. The molecule has 1 N–H and O–H groups in total. The van der Waals surface area contributed by atoms with E-state index in [0.29, 0.717) is 0 Å². The number of fused-ring (bicyclic) bond motifs is 2. The SMILES string of the molecule is CC(=O)n1c(-c2cc3ccccc3[nH]2)cc2ccccc21. The Kier molecular flexibility index (Phi) is 2.48. The van der Waals surface area contributed by atoms with Gasteiger partial charge in [-0.25, -0.2) is 0 Å². The molecule has 4 rings (SSSR count). The summed E-state index contributed by atoms with van der Waals surface area (Å²) >= 11 is 0. The first-order valence-electron chi connectivity index (χ1n) is 6.93. The van der Waals surface area contributed by atoms with Gasteiger partial charge in [0.15, 0.2) is 0 Å². The van der Waals surface area contributed by atoms with Gasteiger partial charge in [-0.1, -0.05) is 36.4 Å². The Morgan fingerprint density at radius 3 is 2.43 bits per heavy atom. The molecule has 0 saturated heterocycles. The molecule has 4 aromatic rings. The van der Waals surface area contributed by atoms with E-state index in [1.54, 1.807) is 11.5 Å². The Labute approximate surface area is 121 Å². The van der Waals surface area contributed by atoms with Crippen molar-refractivity contribution in [3.8, 4) is 11.4 Å². The molecular weight excluding hydrogens is 260 g/mol. The fraction of sp³-hybridized carbons (Fsp3) is 0.0556. The van der Waals surface area contributed by atoms with Crippen molar-refractivity contribution in [2.24, 2.45) is 0 Å². The molecule has 2 heterocycles. The van der Waals surface area contributed by atoms with Crippen LogP contribution in [0.15, 0.2) is 60.7 Å². The van der Waals surface area contributed by atoms with Crippen LogP contribution in [0.25, 0.3) is 33.2 Å². The van der Waals surface area contributed by atoms with Gasteiger partial charge >= 0.3 is 0 Å². The lowest BCUT2D eigenvalue weighted by atomic mass is 10.2. The van der Waals surface area contributed by atoms with Gasteiger partial charge in [0.1, 0.15) is 0 Å². The molecule has 3 heteroatoms. The maximum absolute atomic E-state index is 12.1. The molecule has 0 spiro atoms. The van der Waals surface area contributed by atoms with E-state index in [1.807, 2.05) is 42.5 Å². The Morgan fingerprint density at radius 1 is 0.952 bits per heavy atom. The average molecular weight is 274 g/mol. The van der Waals surface area contributed by atoms with Gasteiger partial charge < -0.3 is 4.98 Å². The van der Waals surface area contributed by atoms with E-state index in [2.05, 4.69) is 23.2 Å². The largest absolute Gasteiger partial charge is 0.353 e. The van der Waals surface area contributed by atoms with E-state index in [4.69, 9.17) is 0 Å². The molecule has 0 saturated carbocycles. The van der Waals surface area contributed by atoms with Crippen LogP contribution in [-0.2, 0) is 0 Å². The first kappa shape index (κ1) is 12.0. The molecule has 0 atom stereocenters. The van der Waals surface area contributed by atoms with Crippen molar-refractivity contribution in [3.63, 3.8) is 0 Å². The number of aromatic amines is 1. The van der Waals surface area contributed by atoms with Crippen LogP contribution in [0.2, 0.25) is 0 Å². The minimum absolute atomic E-state index is 0.0184. The fourth-order valence-electron chi connectivity index (χ4n) is 2.90. The number of rotatable bonds is 1. The molecule has 0 fully saturated rings. The monoisotopic (exact) mass is 274 g/mol. The fourth-order valence-corrected chi connectivity index (χ4v) is 2.90. The molecule has 2 aromatic heterocycles. The minimum Gasteiger partial charge on any atom is -0.353 e. The van der Waals surface area contributed by atoms with E-state index in [0.717, 1.165) is 33.2 Å². The van der Waals surface area contributed by atoms with E-state index in [-0.39, 0.29) is 5.91 Å². The summed E-state index contributed by atoms with van der Waals surface area (Å²) in [4.78, 5) is 15.5. The van der Waals surface area contributed by atoms with Crippen molar-refractivity contribution >= 4 is 27.7 Å². The van der Waals surface area contributed by atoms with Gasteiger partial charge in [0.05, 0.1) is 16.9 Å². The van der Waals surface area contributed by atoms with Crippen LogP contribution >= 0.6 is 0 Å². The number of nitrogens with zero attached hydrogens (tertiary/aromatic N) is 1. The smallest absolute Gasteiger partial charge is 0.228 e. The zero-order valence-corrected chi connectivity index (χ0v) is 11.6. The van der Waals surface area contributed by atoms with Gasteiger partial charge in [-0.3, -0.25) is 9.36 Å². The van der Waals surface area contributed by atoms with Crippen LogP contribution < -0.4 is 0 Å². The summed E-state index contributed by atoms with van der Waals surface area (Å²) in [5, 5.41) is 2.22. The van der Waals surface area contributed by atoms with Crippen molar-refractivity contribution in [3.05, 3.63) is 60.7 Å². The highest BCUT2D eigenvalue weighted by atomic mass is 16.1. The molecule has 0 aliphatic heterocycles. The first-order chi connectivity index (χ1) is 10.2. The van der Waals surface area contributed by atoms with Crippen LogP contribution in [0, 0.1) is 0 Å². The number of benzene rings is 2. The summed E-state index contributed by atoms with van der Waals surface area (Å²) < 4.78 is 1.76. The number of hydrogen-bond donors (Lipinski definition) is 1. The normalized spacial score (nSPS) is 11.3. The quantitative estimate of drug-likeness (QED) is 0.547. The van der Waals surface area contributed by atoms with Gasteiger partial charge in [-0.2, -0.15) is 0 Å². The number of carbonyl (C=O) groups is 1. The highest BCUT2D eigenvalue weighted by molar-refractivity contribution is 5.98. The molecule has 0 unspecified atom stereocenters. The third-order valence-corrected chi connectivity index (χ3v) is 3.83. The van der Waals surface area contributed by atoms with Crippen molar-refractivity contribution in [1.29, 1.82) is 0 Å². The van der Waals surface area contributed by atoms with Crippen LogP contribution in [-0.4, -0.2) is 15.5 Å². The van der Waals surface area contributed by atoms with Crippen molar-refractivity contribution in [1.82, 2.24) is 9.55 Å². The molecule has 21 heavy (non-hydrogen) atoms. The summed E-state index contributed by atoms with van der Waals surface area (Å²) in [6.07, 6.45) is 0. The Bertz CT molecular complexity index is 942. The van der Waals surface area contributed by atoms with Gasteiger partial charge in [0.2, 0.25) is 5.91 Å². The molecule has 0 bridgehead atoms. The Balaban J connectivity index is 2.05. The lowest BCUT2D eigenvalue weighted by molar-refractivity contribution is 0.0943. The van der Waals surface area contributed by atoms with Crippen LogP contribution in [0.4, 0.5) is 0 Å². The topological polar surface area (TPSA) is 37.8 Å². The van der Waals surface area contributed by atoms with Gasteiger partial charge in [0, 0.05) is 23.2 Å². The van der Waals surface area contributed by atoms with E-state index < -0.39 is 0 Å². The number of hydrogen-bond acceptors (Lipinski definition) is 1. The summed E-state index contributed by atoms with van der Waals surface area (Å²) in [5.41, 5.74) is 3.88. The third-order valence-electron chi connectivity index (χ3n) is 3.83. The number of H-pyrrole nitrogens is 1. The van der Waals surface area contributed by atoms with Crippen molar-refractivity contribution in [2.75, 3.05) is 0 Å². The van der Waals surface area contributed by atoms with E-state index in [9.17, 15) is 4.79 Å². The van der Waals surface area contributed by atoms with Crippen LogP contribution in [0.1, 0.15) is 11.7 Å². The summed E-state index contributed by atoms with van der Waals surface area (Å²) in [5.74, 6) is 0.0184. The van der Waals surface area contributed by atoms with Gasteiger partial charge in [0.25, 0.3) is 0 Å². The van der Waals surface area contributed by atoms with Crippen LogP contribution in [0.5, 0.6) is 0 Å². The van der Waals surface area contributed by atoms with Crippen molar-refractivity contribution in [2.45, 2.75) is 6.92 Å². The molecular formula is C18H14N2O. The van der Waals surface area contributed by atoms with Crippen molar-refractivity contribution < 1.29 is 4.79 Å². The van der Waals surface area contributed by atoms with Gasteiger partial charge in [-0.05, 0) is 24.3 Å². The number of para-hydroxylation sites is 2. The van der Waals surface area contributed by atoms with Gasteiger partial charge in [-0.15, -0.1) is 0 Å². The second-order valence-electron chi connectivity index (χ2n) is 5.21. The maximum Gasteiger partial charge on any atom is 0.228 e. The number of aromatic nitrogens is 2. The number of carbonyl (C=O) groups excluding carboxylic acids is 1. The lowest BCUT2D eigenvalue weighted by Gasteiger charge is -2.04. The second kappa shape index (κ2) is 4.35. The highest BCUT2D eigenvalue weighted by Crippen LogP contribution is 2.29. The molecule has 0 amide bonds. The molecule has 3 nitrogen and oxygen atoms in total. The molecule has 0 aliphatic rings. The standard InChI is InChI=1S/C18H14N2O/c1-12(21)20-17-9-5-3-7-14(17)11-18(20)16-10-13-6-2-4-8-15(13)19-16/h2-11,19H,1H3. The lowest BCUT2D eigenvalue weighted by Crippen LogP contribution is -2.06. The highest BCUT2D eigenvalue weighted by Gasteiger charge is 2.14. The second-order valence-corrected chi connectivity index (χ2v) is 5.21. The Hall–Kier alpha value is -2.81. The zero-order chi connectivity index (χ0) is 14.4. The predicted octanol–water partition coefficient (Wildman–Crippen LogP) is 4.45. The van der Waals surface area contributed by atoms with E-state index in [1.165, 1.54) is 0 Å². The zero-order valence-electron chi connectivity index (χ0n) is 11.6. The molecule has 0 aliphatic carbocycles. The molecule has 2 aromatic carbocycles. The first-order valence-corrected chi connectivity index (χ1v) is 6.93. The summed E-state index contributed by atoms with van der Waals surface area (Å²) in [7, 11) is 0. The summed E-state index contributed by atoms with van der Waals surface area (Å²) in [6, 6.07) is 20.2. The van der Waals surface area contributed by atoms with E-state index >= 15 is 0 Å². The summed E-state index contributed by atoms with van der Waals surface area (Å²) in [6.45, 7) is 1.60. The molecule has 0 radical (unpaired) electrons. The predicted molar refractivity (Wildman–Crippen MR) is 85.5 cm³/mol. The Morgan fingerprint density at radius 2 is 1.67 bits per heavy atom.